The molecule has 3 aromatic heterocycles. The molecular weight excluding hydrogens is 744 g/mol. The second-order valence-corrected chi connectivity index (χ2v) is 14.5. The van der Waals surface area contributed by atoms with Gasteiger partial charge in [0.05, 0.1) is 25.9 Å². The van der Waals surface area contributed by atoms with E-state index in [1.54, 1.807) is 7.05 Å². The maximum Gasteiger partial charge on any atom is 0.243 e. The van der Waals surface area contributed by atoms with Gasteiger partial charge >= 0.3 is 0 Å². The van der Waals surface area contributed by atoms with Gasteiger partial charge in [0.25, 0.3) is 0 Å². The number of hydrogen-bond acceptors (Lipinski definition) is 15. The van der Waals surface area contributed by atoms with E-state index in [0.29, 0.717) is 36.7 Å². The number of thiol groups is 2. The Labute approximate surface area is 295 Å². The van der Waals surface area contributed by atoms with Crippen molar-refractivity contribution in [3.63, 3.8) is 0 Å². The first kappa shape index (κ1) is 38.5. The molecule has 0 radical (unpaired) electrons. The zero-order valence-corrected chi connectivity index (χ0v) is 30.1. The van der Waals surface area contributed by atoms with Gasteiger partial charge in [-0.2, -0.15) is 0 Å². The summed E-state index contributed by atoms with van der Waals surface area (Å²) in [5.41, 5.74) is 0.931. The van der Waals surface area contributed by atoms with Crippen LogP contribution in [0, 0.1) is 0 Å². The van der Waals surface area contributed by atoms with Gasteiger partial charge in [-0.15, -0.1) is 0 Å². The van der Waals surface area contributed by atoms with Gasteiger partial charge in [0.2, 0.25) is 14.5 Å². The highest BCUT2D eigenvalue weighted by Gasteiger charge is 2.49. The number of alkyl halides is 2. The lowest BCUT2D eigenvalue weighted by molar-refractivity contribution is -0.0435. The average Bonchev–Trinajstić information content (AvgIpc) is 3.86. The molecular formula is C26H36F2N10O8P2S2. The van der Waals surface area contributed by atoms with Crippen molar-refractivity contribution in [2.75, 3.05) is 38.7 Å². The number of ether oxygens (including phenoxy) is 2. The van der Waals surface area contributed by atoms with Crippen LogP contribution < -0.4 is 10.6 Å². The van der Waals surface area contributed by atoms with Crippen molar-refractivity contribution >= 4 is 74.3 Å². The average molecular weight is 781 g/mol. The van der Waals surface area contributed by atoms with Crippen molar-refractivity contribution in [3.8, 4) is 0 Å². The number of hydrogen-bond donors (Lipinski definition) is 6. The SMILES string of the molecule is C=Nc1c(/C(=N\C)NC/C=C/CCNc2ncnc3c2ncn3[C@@H]2OC(CO)[C@@H](O[PH](=O)S)[C@H]2F)ncn1C1OC(CO)[C@@H](O[PH](=O)S)[C@H]1F. The smallest absolute Gasteiger partial charge is 0.243 e. The molecule has 5 unspecified atom stereocenters. The van der Waals surface area contributed by atoms with Crippen LogP contribution in [-0.2, 0) is 27.7 Å². The maximum atomic E-state index is 15.3. The molecule has 18 nitrogen and oxygen atoms in total. The summed E-state index contributed by atoms with van der Waals surface area (Å²) in [7, 11) is -4.05. The molecule has 2 saturated heterocycles. The predicted octanol–water partition coefficient (Wildman–Crippen LogP) is 2.24. The van der Waals surface area contributed by atoms with Crippen LogP contribution >= 0.6 is 39.0 Å². The number of halogens is 2. The molecule has 10 atom stereocenters. The van der Waals surface area contributed by atoms with Gasteiger partial charge in [-0.3, -0.25) is 23.3 Å². The molecule has 5 heterocycles. The van der Waals surface area contributed by atoms with Gasteiger partial charge in [-0.25, -0.2) is 33.7 Å². The van der Waals surface area contributed by atoms with Crippen LogP contribution in [0.5, 0.6) is 0 Å². The van der Waals surface area contributed by atoms with Crippen LogP contribution in [0.3, 0.4) is 0 Å². The fourth-order valence-corrected chi connectivity index (χ4v) is 7.34. The first-order chi connectivity index (χ1) is 24.1. The summed E-state index contributed by atoms with van der Waals surface area (Å²) in [4.78, 5) is 25.3. The molecule has 4 N–H and O–H groups in total. The molecule has 2 aliphatic heterocycles. The van der Waals surface area contributed by atoms with Gasteiger partial charge in [0.15, 0.2) is 53.4 Å². The van der Waals surface area contributed by atoms with Crippen LogP contribution in [-0.4, -0.2) is 122 Å². The third-order valence-electron chi connectivity index (χ3n) is 7.80. The Balaban J connectivity index is 1.15. The summed E-state index contributed by atoms with van der Waals surface area (Å²) in [5, 5.41) is 25.5. The minimum atomic E-state index is -2.81. The molecule has 24 heteroatoms. The van der Waals surface area contributed by atoms with E-state index in [9.17, 15) is 19.3 Å². The van der Waals surface area contributed by atoms with E-state index in [4.69, 9.17) is 18.5 Å². The number of aliphatic hydroxyl groups is 2. The number of fused-ring (bicyclic) bond motifs is 1. The number of anilines is 1. The standard InChI is InChI=1S/C26H36F2N10O8P2S2/c1-29-21(17-23(30-2)37(11-35-17)25-15(27)19(45-47(41)49)13(8-39)43-25)31-6-4-3-5-7-32-22-18-24(34-10-33-22)38(12-36-18)26-16(28)20(46-48(42)50)14(9-40)44-26/h3-4,10-16,19-20,25-26,39-40,47-48H,2,5-9H2,1H3,(H,29,31)(H,41,49)(H,42,50)(H,32,33,34)/b4-3+/t13?,14?,15-,16-,19-,20-,25?,26-/m1/s1. The maximum absolute atomic E-state index is 15.3. The normalized spacial score (nSPS) is 28.4. The van der Waals surface area contributed by atoms with Gasteiger partial charge in [-0.1, -0.05) is 36.6 Å². The van der Waals surface area contributed by atoms with E-state index >= 15 is 8.78 Å². The van der Waals surface area contributed by atoms with Gasteiger partial charge < -0.3 is 39.4 Å². The molecule has 0 aromatic carbocycles. The topological polar surface area (TPSA) is 222 Å². The zero-order chi connectivity index (χ0) is 35.9. The monoisotopic (exact) mass is 780 g/mol. The largest absolute Gasteiger partial charge is 0.394 e. The summed E-state index contributed by atoms with van der Waals surface area (Å²) < 4.78 is 77.6. The van der Waals surface area contributed by atoms with Gasteiger partial charge in [-0.05, 0) is 13.1 Å². The number of rotatable bonds is 16. The molecule has 50 heavy (non-hydrogen) atoms. The van der Waals surface area contributed by atoms with Crippen molar-refractivity contribution in [1.82, 2.24) is 34.4 Å². The number of imidazole rings is 2. The molecule has 3 aromatic rings. The molecule has 0 bridgehead atoms. The van der Waals surface area contributed by atoms with E-state index in [-0.39, 0.29) is 17.2 Å². The molecule has 5 rings (SSSR count). The highest BCUT2D eigenvalue weighted by molar-refractivity contribution is 8.39. The Morgan fingerprint density at radius 1 is 1.02 bits per heavy atom. The second kappa shape index (κ2) is 17.6. The van der Waals surface area contributed by atoms with Crippen molar-refractivity contribution in [2.45, 2.75) is 55.6 Å². The molecule has 2 fully saturated rings. The van der Waals surface area contributed by atoms with Crippen molar-refractivity contribution in [2.24, 2.45) is 9.98 Å². The van der Waals surface area contributed by atoms with Gasteiger partial charge in [0.1, 0.15) is 36.4 Å². The van der Waals surface area contributed by atoms with Crippen LogP contribution in [0.1, 0.15) is 24.6 Å². The quantitative estimate of drug-likeness (QED) is 0.0307. The van der Waals surface area contributed by atoms with Crippen molar-refractivity contribution < 1.29 is 46.6 Å². The molecule has 0 amide bonds. The third kappa shape index (κ3) is 8.30. The van der Waals surface area contributed by atoms with E-state index in [0.717, 1.165) is 0 Å². The van der Waals surface area contributed by atoms with E-state index in [1.165, 1.54) is 28.1 Å². The predicted molar refractivity (Wildman–Crippen MR) is 187 cm³/mol. The number of aromatic nitrogens is 6. The summed E-state index contributed by atoms with van der Waals surface area (Å²) in [6, 6.07) is 0. The minimum absolute atomic E-state index is 0.159. The fraction of sp³-hybridized carbons (Fsp3) is 0.538. The molecule has 0 aliphatic carbocycles. The van der Waals surface area contributed by atoms with Gasteiger partial charge in [0, 0.05) is 20.1 Å². The first-order valence-electron chi connectivity index (χ1n) is 15.0. The number of amidine groups is 1. The highest BCUT2D eigenvalue weighted by Crippen LogP contribution is 2.43. The molecule has 0 spiro atoms. The Morgan fingerprint density at radius 2 is 1.64 bits per heavy atom. The van der Waals surface area contributed by atoms with Crippen LogP contribution in [0.4, 0.5) is 20.4 Å². The van der Waals surface area contributed by atoms with Crippen LogP contribution in [0.15, 0.2) is 41.1 Å². The molecule has 0 saturated carbocycles. The Morgan fingerprint density at radius 3 is 2.22 bits per heavy atom. The van der Waals surface area contributed by atoms with Crippen molar-refractivity contribution in [1.29, 1.82) is 0 Å². The van der Waals surface area contributed by atoms with E-state index in [2.05, 4.69) is 71.8 Å². The van der Waals surface area contributed by atoms with E-state index in [1.807, 2.05) is 12.2 Å². The lowest BCUT2D eigenvalue weighted by atomic mass is 10.1. The lowest BCUT2D eigenvalue weighted by Crippen LogP contribution is -2.31. The third-order valence-corrected chi connectivity index (χ3v) is 9.38. The first-order valence-corrected chi connectivity index (χ1v) is 20.2. The summed E-state index contributed by atoms with van der Waals surface area (Å²) in [6.07, 6.45) is -2.51. The minimum Gasteiger partial charge on any atom is -0.394 e. The molecule has 2 aliphatic rings. The van der Waals surface area contributed by atoms with Crippen LogP contribution in [0.2, 0.25) is 0 Å². The lowest BCUT2D eigenvalue weighted by Gasteiger charge is -2.17. The van der Waals surface area contributed by atoms with Crippen LogP contribution in [0.25, 0.3) is 11.2 Å². The number of aliphatic hydroxyl groups excluding tert-OH is 2. The van der Waals surface area contributed by atoms with E-state index < -0.39 is 76.9 Å². The summed E-state index contributed by atoms with van der Waals surface area (Å²) >= 11 is 7.43. The Bertz CT molecular complexity index is 1760. The van der Waals surface area contributed by atoms with Crippen molar-refractivity contribution in [3.05, 3.63) is 36.8 Å². The Kier molecular flexibility index (Phi) is 13.6. The fourth-order valence-electron chi connectivity index (χ4n) is 5.58. The number of nitrogens with one attached hydrogen (secondary N) is 2. The second-order valence-electron chi connectivity index (χ2n) is 10.7. The zero-order valence-electron chi connectivity index (χ0n) is 26.3. The Hall–Kier alpha value is -2.78. The highest BCUT2D eigenvalue weighted by atomic mass is 32.7. The number of aliphatic imine (C=N–C) groups is 2. The summed E-state index contributed by atoms with van der Waals surface area (Å²) in [6.45, 7) is 3.25. The molecule has 274 valence electrons. The number of nitrogens with zero attached hydrogens (tertiary/aromatic N) is 8. The summed E-state index contributed by atoms with van der Waals surface area (Å²) in [5.74, 6) is 0.912.